The van der Waals surface area contributed by atoms with Crippen molar-refractivity contribution in [3.05, 3.63) is 17.5 Å². The summed E-state index contributed by atoms with van der Waals surface area (Å²) in [5.41, 5.74) is -0.247. The van der Waals surface area contributed by atoms with Gasteiger partial charge in [0.25, 0.3) is 0 Å². The van der Waals surface area contributed by atoms with Gasteiger partial charge in [-0.25, -0.2) is 8.42 Å². The highest BCUT2D eigenvalue weighted by Gasteiger charge is 2.29. The molecule has 2 heterocycles. The van der Waals surface area contributed by atoms with Gasteiger partial charge in [-0.3, -0.25) is 4.99 Å². The van der Waals surface area contributed by atoms with Crippen LogP contribution < -0.4 is 10.6 Å². The topological polar surface area (TPSA) is 100 Å². The van der Waals surface area contributed by atoms with E-state index in [1.54, 1.807) is 17.5 Å². The van der Waals surface area contributed by atoms with Gasteiger partial charge in [0, 0.05) is 19.7 Å². The Hall–Kier alpha value is -1.16. The summed E-state index contributed by atoms with van der Waals surface area (Å²) in [6.07, 6.45) is 0.988. The minimum absolute atomic E-state index is 0.105. The molecule has 3 N–H and O–H groups in total. The van der Waals surface area contributed by atoms with Gasteiger partial charge in [0.15, 0.2) is 15.8 Å². The van der Waals surface area contributed by atoms with E-state index in [9.17, 15) is 13.5 Å². The van der Waals surface area contributed by atoms with Gasteiger partial charge in [-0.05, 0) is 38.1 Å². The third-order valence-corrected chi connectivity index (χ3v) is 7.22. The molecule has 9 heteroatoms. The van der Waals surface area contributed by atoms with Crippen molar-refractivity contribution in [1.29, 1.82) is 0 Å². The van der Waals surface area contributed by atoms with E-state index in [-0.39, 0.29) is 22.1 Å². The van der Waals surface area contributed by atoms with Crippen molar-refractivity contribution in [2.45, 2.75) is 42.6 Å². The molecule has 1 saturated heterocycles. The molecule has 2 rings (SSSR count). The van der Waals surface area contributed by atoms with Gasteiger partial charge in [0.1, 0.15) is 4.21 Å². The molecule has 0 spiro atoms. The Labute approximate surface area is 153 Å². The maximum Gasteiger partial charge on any atom is 0.191 e. The number of nitrogens with one attached hydrogen (secondary N) is 2. The highest BCUT2D eigenvalue weighted by atomic mass is 32.2. The SMILES string of the molecule is CCNC(=NCC1(C)CCCO1)NCC(O)CS(=O)(=O)c1cccs1. The highest BCUT2D eigenvalue weighted by molar-refractivity contribution is 7.93. The number of ether oxygens (including phenoxy) is 1. The van der Waals surface area contributed by atoms with E-state index in [1.165, 1.54) is 0 Å². The monoisotopic (exact) mass is 389 g/mol. The van der Waals surface area contributed by atoms with Crippen molar-refractivity contribution in [2.75, 3.05) is 32.0 Å². The summed E-state index contributed by atoms with van der Waals surface area (Å²) in [5, 5.41) is 17.9. The van der Waals surface area contributed by atoms with Gasteiger partial charge < -0.3 is 20.5 Å². The number of thiophene rings is 1. The van der Waals surface area contributed by atoms with E-state index in [0.29, 0.717) is 19.0 Å². The van der Waals surface area contributed by atoms with Crippen molar-refractivity contribution in [2.24, 2.45) is 4.99 Å². The number of sulfone groups is 1. The zero-order valence-electron chi connectivity index (χ0n) is 14.7. The summed E-state index contributed by atoms with van der Waals surface area (Å²) < 4.78 is 30.3. The number of rotatable bonds is 8. The van der Waals surface area contributed by atoms with Crippen molar-refractivity contribution < 1.29 is 18.3 Å². The third-order valence-electron chi connectivity index (χ3n) is 3.93. The second-order valence-corrected chi connectivity index (χ2v) is 9.55. The predicted molar refractivity (Wildman–Crippen MR) is 100.0 cm³/mol. The van der Waals surface area contributed by atoms with Gasteiger partial charge >= 0.3 is 0 Å². The minimum atomic E-state index is -3.46. The summed E-state index contributed by atoms with van der Waals surface area (Å²) in [6, 6.07) is 3.23. The second kappa shape index (κ2) is 8.98. The van der Waals surface area contributed by atoms with Crippen LogP contribution in [0.5, 0.6) is 0 Å². The lowest BCUT2D eigenvalue weighted by Gasteiger charge is -2.22. The summed E-state index contributed by atoms with van der Waals surface area (Å²) >= 11 is 1.16. The summed E-state index contributed by atoms with van der Waals surface area (Å²) in [5.74, 6) is 0.229. The molecule has 1 aromatic rings. The van der Waals surface area contributed by atoms with Crippen LogP contribution in [0.15, 0.2) is 26.7 Å². The smallest absolute Gasteiger partial charge is 0.191 e. The van der Waals surface area contributed by atoms with Crippen molar-refractivity contribution in [3.63, 3.8) is 0 Å². The molecule has 1 aliphatic heterocycles. The number of hydrogen-bond acceptors (Lipinski definition) is 6. The van der Waals surface area contributed by atoms with Crippen LogP contribution in [0.1, 0.15) is 26.7 Å². The molecule has 0 amide bonds. The number of aliphatic hydroxyl groups excluding tert-OH is 1. The van der Waals surface area contributed by atoms with E-state index in [1.807, 2.05) is 13.8 Å². The fourth-order valence-corrected chi connectivity index (χ4v) is 5.08. The van der Waals surface area contributed by atoms with E-state index in [2.05, 4.69) is 15.6 Å². The standard InChI is InChI=1S/C16H27N3O4S2/c1-3-17-15(19-12-16(2)7-5-8-23-16)18-10-13(20)11-25(21,22)14-6-4-9-24-14/h4,6,9,13,20H,3,5,7-8,10-12H2,1-2H3,(H2,17,18,19). The lowest BCUT2D eigenvalue weighted by atomic mass is 10.0. The number of nitrogens with zero attached hydrogens (tertiary/aromatic N) is 1. The molecule has 142 valence electrons. The van der Waals surface area contributed by atoms with Crippen LogP contribution in [0.25, 0.3) is 0 Å². The maximum absolute atomic E-state index is 12.2. The molecule has 0 radical (unpaired) electrons. The first-order valence-corrected chi connectivity index (χ1v) is 11.0. The van der Waals surface area contributed by atoms with Crippen LogP contribution in [0.4, 0.5) is 0 Å². The largest absolute Gasteiger partial charge is 0.390 e. The van der Waals surface area contributed by atoms with Gasteiger partial charge in [0.05, 0.1) is 24.0 Å². The second-order valence-electron chi connectivity index (χ2n) is 6.35. The van der Waals surface area contributed by atoms with Gasteiger partial charge in [0.2, 0.25) is 0 Å². The average Bonchev–Trinajstić information content (AvgIpc) is 3.22. The van der Waals surface area contributed by atoms with Crippen LogP contribution in [0.3, 0.4) is 0 Å². The number of aliphatic imine (C=N–C) groups is 1. The van der Waals surface area contributed by atoms with E-state index in [4.69, 9.17) is 4.74 Å². The van der Waals surface area contributed by atoms with Gasteiger partial charge in [-0.2, -0.15) is 0 Å². The Morgan fingerprint density at radius 3 is 2.92 bits per heavy atom. The molecule has 25 heavy (non-hydrogen) atoms. The van der Waals surface area contributed by atoms with Crippen LogP contribution >= 0.6 is 11.3 Å². The summed E-state index contributed by atoms with van der Waals surface area (Å²) in [7, 11) is -3.46. The molecule has 1 fully saturated rings. The molecular formula is C16H27N3O4S2. The molecule has 1 aromatic heterocycles. The zero-order valence-corrected chi connectivity index (χ0v) is 16.3. The van der Waals surface area contributed by atoms with Crippen LogP contribution in [-0.2, 0) is 14.6 Å². The first-order chi connectivity index (χ1) is 11.8. The number of hydrogen-bond donors (Lipinski definition) is 3. The number of guanidine groups is 1. The molecule has 2 unspecified atom stereocenters. The molecule has 0 bridgehead atoms. The molecule has 0 aliphatic carbocycles. The fraction of sp³-hybridized carbons (Fsp3) is 0.688. The first kappa shape index (κ1) is 20.2. The van der Waals surface area contributed by atoms with Gasteiger partial charge in [-0.15, -0.1) is 11.3 Å². The lowest BCUT2D eigenvalue weighted by Crippen LogP contribution is -2.43. The minimum Gasteiger partial charge on any atom is -0.390 e. The maximum atomic E-state index is 12.2. The Bertz CT molecular complexity index is 653. The van der Waals surface area contributed by atoms with Crippen molar-refractivity contribution in [1.82, 2.24) is 10.6 Å². The quantitative estimate of drug-likeness (QED) is 0.453. The van der Waals surface area contributed by atoms with Crippen molar-refractivity contribution in [3.8, 4) is 0 Å². The van der Waals surface area contributed by atoms with E-state index < -0.39 is 15.9 Å². The van der Waals surface area contributed by atoms with E-state index in [0.717, 1.165) is 30.8 Å². The first-order valence-electron chi connectivity index (χ1n) is 8.45. The number of aliphatic hydroxyl groups is 1. The lowest BCUT2D eigenvalue weighted by molar-refractivity contribution is 0.0283. The van der Waals surface area contributed by atoms with Crippen LogP contribution in [-0.4, -0.2) is 63.2 Å². The highest BCUT2D eigenvalue weighted by Crippen LogP contribution is 2.25. The molecule has 7 nitrogen and oxygen atoms in total. The van der Waals surface area contributed by atoms with E-state index >= 15 is 0 Å². The molecule has 2 atom stereocenters. The van der Waals surface area contributed by atoms with Crippen molar-refractivity contribution >= 4 is 27.1 Å². The Morgan fingerprint density at radius 2 is 2.32 bits per heavy atom. The Kier molecular flexibility index (Phi) is 7.24. The Balaban J connectivity index is 1.87. The average molecular weight is 390 g/mol. The molecule has 0 saturated carbocycles. The normalized spacial score (nSPS) is 22.8. The van der Waals surface area contributed by atoms with Crippen LogP contribution in [0, 0.1) is 0 Å². The Morgan fingerprint density at radius 1 is 1.52 bits per heavy atom. The third kappa shape index (κ3) is 6.25. The summed E-state index contributed by atoms with van der Waals surface area (Å²) in [4.78, 5) is 4.50. The van der Waals surface area contributed by atoms with Gasteiger partial charge in [-0.1, -0.05) is 6.07 Å². The fourth-order valence-electron chi connectivity index (χ4n) is 2.60. The molecule has 1 aliphatic rings. The molecular weight excluding hydrogens is 362 g/mol. The summed E-state index contributed by atoms with van der Waals surface area (Å²) in [6.45, 7) is 6.04. The zero-order chi connectivity index (χ0) is 18.3. The predicted octanol–water partition coefficient (Wildman–Crippen LogP) is 1.01. The van der Waals surface area contributed by atoms with Crippen LogP contribution in [0.2, 0.25) is 0 Å². The molecule has 0 aromatic carbocycles.